The van der Waals surface area contributed by atoms with Gasteiger partial charge in [-0.15, -0.1) is 0 Å². The summed E-state index contributed by atoms with van der Waals surface area (Å²) in [5.74, 6) is -0.0845. The van der Waals surface area contributed by atoms with E-state index in [1.54, 1.807) is 19.3 Å². The van der Waals surface area contributed by atoms with E-state index in [-0.39, 0.29) is 17.5 Å². The van der Waals surface area contributed by atoms with Crippen LogP contribution in [0.3, 0.4) is 0 Å². The molecule has 126 valence electrons. The maximum atomic E-state index is 12.9. The molecule has 0 saturated carbocycles. The highest BCUT2D eigenvalue weighted by Crippen LogP contribution is 2.24. The molecule has 1 N–H and O–H groups in total. The number of nitrogens with zero attached hydrogens (tertiary/aromatic N) is 2. The third-order valence-corrected chi connectivity index (χ3v) is 4.63. The van der Waals surface area contributed by atoms with E-state index in [0.717, 1.165) is 25.1 Å². The number of nitrogens with one attached hydrogen (secondary N) is 1. The Hall–Kier alpha value is -2.40. The molecule has 24 heavy (non-hydrogen) atoms. The van der Waals surface area contributed by atoms with Gasteiger partial charge in [-0.25, -0.2) is 0 Å². The fourth-order valence-corrected chi connectivity index (χ4v) is 3.07. The van der Waals surface area contributed by atoms with E-state index >= 15 is 0 Å². The first-order chi connectivity index (χ1) is 11.6. The van der Waals surface area contributed by atoms with Crippen LogP contribution in [0.2, 0.25) is 0 Å². The van der Waals surface area contributed by atoms with Gasteiger partial charge in [0.25, 0.3) is 11.5 Å². The largest absolute Gasteiger partial charge is 0.329 e. The van der Waals surface area contributed by atoms with E-state index in [9.17, 15) is 9.59 Å². The first-order valence-corrected chi connectivity index (χ1v) is 8.37. The van der Waals surface area contributed by atoms with Crippen LogP contribution >= 0.6 is 0 Å². The first kappa shape index (κ1) is 16.5. The maximum Gasteiger partial charge on any atom is 0.254 e. The van der Waals surface area contributed by atoms with Crippen LogP contribution in [0.25, 0.3) is 0 Å². The van der Waals surface area contributed by atoms with E-state index in [2.05, 4.69) is 36.5 Å². The molecule has 1 aromatic carbocycles. The van der Waals surface area contributed by atoms with Crippen LogP contribution in [0.4, 0.5) is 0 Å². The number of amides is 1. The second-order valence-corrected chi connectivity index (χ2v) is 6.18. The lowest BCUT2D eigenvalue weighted by Crippen LogP contribution is -2.48. The second kappa shape index (κ2) is 7.01. The predicted octanol–water partition coefficient (Wildman–Crippen LogP) is 1.73. The molecule has 0 spiro atoms. The Morgan fingerprint density at radius 1 is 1.25 bits per heavy atom. The Morgan fingerprint density at radius 3 is 2.67 bits per heavy atom. The third kappa shape index (κ3) is 3.26. The molecule has 1 fully saturated rings. The summed E-state index contributed by atoms with van der Waals surface area (Å²) in [6.45, 7) is 4.25. The summed E-state index contributed by atoms with van der Waals surface area (Å²) in [6, 6.07) is 11.5. The summed E-state index contributed by atoms with van der Waals surface area (Å²) in [4.78, 5) is 26.6. The number of hydrogen-bond donors (Lipinski definition) is 1. The van der Waals surface area contributed by atoms with Crippen LogP contribution < -0.4 is 10.9 Å². The van der Waals surface area contributed by atoms with Crippen molar-refractivity contribution in [3.05, 3.63) is 69.6 Å². The van der Waals surface area contributed by atoms with Gasteiger partial charge in [0.15, 0.2) is 0 Å². The average Bonchev–Trinajstić information content (AvgIpc) is 2.63. The highest BCUT2D eigenvalue weighted by atomic mass is 16.2. The molecule has 0 bridgehead atoms. The zero-order valence-electron chi connectivity index (χ0n) is 14.2. The van der Waals surface area contributed by atoms with Gasteiger partial charge in [0.1, 0.15) is 0 Å². The van der Waals surface area contributed by atoms with Crippen molar-refractivity contribution in [1.29, 1.82) is 0 Å². The lowest BCUT2D eigenvalue weighted by molar-refractivity contribution is 0.0634. The van der Waals surface area contributed by atoms with Crippen molar-refractivity contribution in [2.24, 2.45) is 7.05 Å². The molecule has 1 atom stereocenters. The molecular weight excluding hydrogens is 302 g/mol. The molecule has 0 radical (unpaired) electrons. The number of pyridine rings is 1. The fraction of sp³-hybridized carbons (Fsp3) is 0.368. The Morgan fingerprint density at radius 2 is 2.00 bits per heavy atom. The molecular formula is C19H23N3O2. The minimum atomic E-state index is -0.167. The monoisotopic (exact) mass is 325 g/mol. The van der Waals surface area contributed by atoms with Crippen molar-refractivity contribution < 1.29 is 4.79 Å². The minimum Gasteiger partial charge on any atom is -0.329 e. The van der Waals surface area contributed by atoms with Crippen molar-refractivity contribution in [2.45, 2.75) is 19.4 Å². The van der Waals surface area contributed by atoms with Crippen LogP contribution in [0.1, 0.15) is 34.5 Å². The molecule has 5 nitrogen and oxygen atoms in total. The quantitative estimate of drug-likeness (QED) is 0.935. The lowest BCUT2D eigenvalue weighted by Gasteiger charge is -2.36. The highest BCUT2D eigenvalue weighted by molar-refractivity contribution is 5.94. The van der Waals surface area contributed by atoms with Crippen LogP contribution in [0, 0.1) is 0 Å². The van der Waals surface area contributed by atoms with Gasteiger partial charge in [-0.2, -0.15) is 0 Å². The molecule has 2 heterocycles. The number of piperazine rings is 1. The Labute approximate surface area is 141 Å². The van der Waals surface area contributed by atoms with Gasteiger partial charge in [-0.3, -0.25) is 9.59 Å². The zero-order valence-corrected chi connectivity index (χ0v) is 14.2. The number of rotatable bonds is 3. The first-order valence-electron chi connectivity index (χ1n) is 8.37. The number of aryl methyl sites for hydroxylation is 2. The second-order valence-electron chi connectivity index (χ2n) is 6.18. The van der Waals surface area contributed by atoms with Gasteiger partial charge in [0.05, 0.1) is 6.04 Å². The molecule has 3 rings (SSSR count). The van der Waals surface area contributed by atoms with Gasteiger partial charge in [0, 0.05) is 44.5 Å². The van der Waals surface area contributed by atoms with Gasteiger partial charge in [-0.1, -0.05) is 31.2 Å². The van der Waals surface area contributed by atoms with Crippen LogP contribution in [-0.4, -0.2) is 35.0 Å². The number of benzene rings is 1. The fourth-order valence-electron chi connectivity index (χ4n) is 3.07. The van der Waals surface area contributed by atoms with E-state index < -0.39 is 0 Å². The molecule has 2 aromatic rings. The van der Waals surface area contributed by atoms with E-state index in [4.69, 9.17) is 0 Å². The Kier molecular flexibility index (Phi) is 4.81. The van der Waals surface area contributed by atoms with E-state index in [0.29, 0.717) is 12.1 Å². The molecule has 1 aromatic heterocycles. The van der Waals surface area contributed by atoms with Crippen molar-refractivity contribution in [3.8, 4) is 0 Å². The van der Waals surface area contributed by atoms with Crippen LogP contribution in [-0.2, 0) is 13.5 Å². The predicted molar refractivity (Wildman–Crippen MR) is 94.2 cm³/mol. The van der Waals surface area contributed by atoms with Gasteiger partial charge >= 0.3 is 0 Å². The van der Waals surface area contributed by atoms with Crippen LogP contribution in [0.5, 0.6) is 0 Å². The Balaban J connectivity index is 1.89. The summed E-state index contributed by atoms with van der Waals surface area (Å²) >= 11 is 0. The van der Waals surface area contributed by atoms with Crippen molar-refractivity contribution in [3.63, 3.8) is 0 Å². The van der Waals surface area contributed by atoms with Crippen molar-refractivity contribution in [1.82, 2.24) is 14.8 Å². The number of carbonyl (C=O) groups is 1. The molecule has 1 amide bonds. The topological polar surface area (TPSA) is 54.3 Å². The summed E-state index contributed by atoms with van der Waals surface area (Å²) in [5, 5.41) is 3.36. The summed E-state index contributed by atoms with van der Waals surface area (Å²) in [7, 11) is 1.68. The summed E-state index contributed by atoms with van der Waals surface area (Å²) < 4.78 is 1.47. The number of hydrogen-bond acceptors (Lipinski definition) is 3. The van der Waals surface area contributed by atoms with E-state index in [1.165, 1.54) is 16.2 Å². The van der Waals surface area contributed by atoms with Crippen molar-refractivity contribution in [2.75, 3.05) is 19.6 Å². The molecule has 1 aliphatic heterocycles. The molecule has 1 saturated heterocycles. The zero-order chi connectivity index (χ0) is 17.1. The Bertz CT molecular complexity index is 780. The minimum absolute atomic E-state index is 0.0128. The maximum absolute atomic E-state index is 12.9. The standard InChI is InChI=1S/C19H23N3O2/c1-3-14-4-6-15(7-5-14)17-13-20-9-11-22(17)19(24)16-8-10-21(2)18(23)12-16/h4-8,10,12,17,20H,3,9,11,13H2,1-2H3. The highest BCUT2D eigenvalue weighted by Gasteiger charge is 2.28. The number of aromatic nitrogens is 1. The van der Waals surface area contributed by atoms with Gasteiger partial charge < -0.3 is 14.8 Å². The van der Waals surface area contributed by atoms with Gasteiger partial charge in [0.2, 0.25) is 0 Å². The van der Waals surface area contributed by atoms with Crippen LogP contribution in [0.15, 0.2) is 47.4 Å². The smallest absolute Gasteiger partial charge is 0.254 e. The lowest BCUT2D eigenvalue weighted by atomic mass is 10.00. The van der Waals surface area contributed by atoms with Crippen molar-refractivity contribution >= 4 is 5.91 Å². The number of carbonyl (C=O) groups excluding carboxylic acids is 1. The molecule has 0 aliphatic carbocycles. The molecule has 5 heteroatoms. The third-order valence-electron chi connectivity index (χ3n) is 4.63. The normalized spacial score (nSPS) is 17.8. The summed E-state index contributed by atoms with van der Waals surface area (Å²) in [5.41, 5.74) is 2.69. The molecule has 1 aliphatic rings. The average molecular weight is 325 g/mol. The van der Waals surface area contributed by atoms with E-state index in [1.807, 2.05) is 4.90 Å². The summed E-state index contributed by atoms with van der Waals surface area (Å²) in [6.07, 6.45) is 2.64. The molecule has 1 unspecified atom stereocenters. The van der Waals surface area contributed by atoms with Gasteiger partial charge in [-0.05, 0) is 23.6 Å². The SMILES string of the molecule is CCc1ccc(C2CNCCN2C(=O)c2ccn(C)c(=O)c2)cc1.